The van der Waals surface area contributed by atoms with Crippen LogP contribution in [-0.4, -0.2) is 29.7 Å². The molecule has 0 heterocycles. The van der Waals surface area contributed by atoms with E-state index in [9.17, 15) is 9.59 Å². The molecule has 0 saturated heterocycles. The fourth-order valence-corrected chi connectivity index (χ4v) is 3.07. The maximum absolute atomic E-state index is 11.8. The van der Waals surface area contributed by atoms with Crippen molar-refractivity contribution in [2.24, 2.45) is 17.8 Å². The van der Waals surface area contributed by atoms with E-state index >= 15 is 0 Å². The van der Waals surface area contributed by atoms with E-state index in [-0.39, 0.29) is 24.4 Å². The molecule has 5 nitrogen and oxygen atoms in total. The monoisotopic (exact) mass is 298 g/mol. The zero-order valence-electron chi connectivity index (χ0n) is 13.5. The number of rotatable bonds is 7. The number of carboxylic acid groups (broad SMARTS) is 1. The fourth-order valence-electron chi connectivity index (χ4n) is 3.07. The van der Waals surface area contributed by atoms with Crippen molar-refractivity contribution in [3.63, 3.8) is 0 Å². The standard InChI is InChI=1S/C16H30N2O3/c1-11(2)14(10-15(19)20)18-16(21)17-8-7-13-6-4-5-12(3)9-13/h11-14H,4-10H2,1-3H3,(H,19,20)(H2,17,18,21). The predicted molar refractivity (Wildman–Crippen MR) is 83.2 cm³/mol. The minimum atomic E-state index is -0.884. The predicted octanol–water partition coefficient (Wildman–Crippen LogP) is 3.00. The molecular formula is C16H30N2O3. The van der Waals surface area contributed by atoms with E-state index in [1.54, 1.807) is 0 Å². The van der Waals surface area contributed by atoms with Crippen molar-refractivity contribution >= 4 is 12.0 Å². The molecule has 3 atom stereocenters. The third-order valence-corrected chi connectivity index (χ3v) is 4.40. The number of hydrogen-bond acceptors (Lipinski definition) is 2. The molecule has 0 aromatic carbocycles. The lowest BCUT2D eigenvalue weighted by molar-refractivity contribution is -0.137. The Kier molecular flexibility index (Phi) is 7.54. The lowest BCUT2D eigenvalue weighted by Crippen LogP contribution is -2.45. The van der Waals surface area contributed by atoms with Crippen LogP contribution >= 0.6 is 0 Å². The Labute approximate surface area is 127 Å². The van der Waals surface area contributed by atoms with Crippen molar-refractivity contribution in [3.8, 4) is 0 Å². The Hall–Kier alpha value is -1.26. The Morgan fingerprint density at radius 2 is 2.00 bits per heavy atom. The topological polar surface area (TPSA) is 78.4 Å². The SMILES string of the molecule is CC1CCCC(CCNC(=O)NC(CC(=O)O)C(C)C)C1. The van der Waals surface area contributed by atoms with Gasteiger partial charge in [0.25, 0.3) is 0 Å². The van der Waals surface area contributed by atoms with E-state index in [2.05, 4.69) is 17.6 Å². The second-order valence-corrected chi connectivity index (χ2v) is 6.78. The molecule has 1 aliphatic carbocycles. The largest absolute Gasteiger partial charge is 0.481 e. The van der Waals surface area contributed by atoms with Crippen molar-refractivity contribution in [1.82, 2.24) is 10.6 Å². The molecule has 5 heteroatoms. The first-order valence-corrected chi connectivity index (χ1v) is 8.14. The minimum Gasteiger partial charge on any atom is -0.481 e. The minimum absolute atomic E-state index is 0.0365. The second kappa shape index (κ2) is 8.90. The quantitative estimate of drug-likeness (QED) is 0.676. The zero-order chi connectivity index (χ0) is 15.8. The summed E-state index contributed by atoms with van der Waals surface area (Å²) in [6, 6.07) is -0.573. The molecule has 122 valence electrons. The third kappa shape index (κ3) is 7.34. The van der Waals surface area contributed by atoms with Crippen LogP contribution in [-0.2, 0) is 4.79 Å². The van der Waals surface area contributed by atoms with E-state index in [1.807, 2.05) is 13.8 Å². The molecule has 1 fully saturated rings. The summed E-state index contributed by atoms with van der Waals surface area (Å²) in [5.41, 5.74) is 0. The van der Waals surface area contributed by atoms with Crippen LogP contribution in [0.2, 0.25) is 0 Å². The van der Waals surface area contributed by atoms with Crippen LogP contribution in [0.5, 0.6) is 0 Å². The number of carboxylic acids is 1. The third-order valence-electron chi connectivity index (χ3n) is 4.40. The molecule has 0 radical (unpaired) electrons. The summed E-state index contributed by atoms with van der Waals surface area (Å²) in [5, 5.41) is 14.5. The number of aliphatic carboxylic acids is 1. The Morgan fingerprint density at radius 3 is 2.57 bits per heavy atom. The summed E-state index contributed by atoms with van der Waals surface area (Å²) < 4.78 is 0. The molecule has 0 aliphatic heterocycles. The first kappa shape index (κ1) is 17.8. The summed E-state index contributed by atoms with van der Waals surface area (Å²) in [7, 11) is 0. The highest BCUT2D eigenvalue weighted by Gasteiger charge is 2.20. The van der Waals surface area contributed by atoms with Gasteiger partial charge >= 0.3 is 12.0 Å². The molecule has 0 spiro atoms. The molecule has 3 N–H and O–H groups in total. The molecular weight excluding hydrogens is 268 g/mol. The van der Waals surface area contributed by atoms with Crippen LogP contribution in [0.1, 0.15) is 59.3 Å². The van der Waals surface area contributed by atoms with E-state index in [0.717, 1.165) is 12.3 Å². The highest BCUT2D eigenvalue weighted by atomic mass is 16.4. The van der Waals surface area contributed by atoms with Crippen molar-refractivity contribution in [1.29, 1.82) is 0 Å². The highest BCUT2D eigenvalue weighted by molar-refractivity contribution is 5.75. The Balaban J connectivity index is 2.24. The van der Waals surface area contributed by atoms with Gasteiger partial charge in [-0.15, -0.1) is 0 Å². The van der Waals surface area contributed by atoms with Crippen LogP contribution in [0.3, 0.4) is 0 Å². The average molecular weight is 298 g/mol. The molecule has 0 aromatic heterocycles. The first-order chi connectivity index (χ1) is 9.88. The van der Waals surface area contributed by atoms with Crippen LogP contribution in [0.4, 0.5) is 4.79 Å². The number of carbonyl (C=O) groups is 2. The molecule has 21 heavy (non-hydrogen) atoms. The van der Waals surface area contributed by atoms with Gasteiger partial charge in [0.15, 0.2) is 0 Å². The van der Waals surface area contributed by atoms with Gasteiger partial charge in [0.1, 0.15) is 0 Å². The fraction of sp³-hybridized carbons (Fsp3) is 0.875. The summed E-state index contributed by atoms with van der Waals surface area (Å²) in [6.45, 7) is 6.79. The molecule has 3 unspecified atom stereocenters. The molecule has 0 bridgehead atoms. The van der Waals surface area contributed by atoms with Gasteiger partial charge in [0.05, 0.1) is 6.42 Å². The number of nitrogens with one attached hydrogen (secondary N) is 2. The Morgan fingerprint density at radius 1 is 1.29 bits per heavy atom. The van der Waals surface area contributed by atoms with E-state index < -0.39 is 5.97 Å². The summed E-state index contributed by atoms with van der Waals surface area (Å²) in [5.74, 6) is 0.740. The molecule has 0 aromatic rings. The number of urea groups is 1. The van der Waals surface area contributed by atoms with E-state index in [0.29, 0.717) is 12.5 Å². The zero-order valence-corrected chi connectivity index (χ0v) is 13.5. The highest BCUT2D eigenvalue weighted by Crippen LogP contribution is 2.30. The molecule has 2 amide bonds. The summed E-state index contributed by atoms with van der Waals surface area (Å²) in [4.78, 5) is 22.6. The van der Waals surface area contributed by atoms with Gasteiger partial charge in [0.2, 0.25) is 0 Å². The van der Waals surface area contributed by atoms with Crippen LogP contribution < -0.4 is 10.6 Å². The maximum atomic E-state index is 11.8. The van der Waals surface area contributed by atoms with Gasteiger partial charge in [-0.1, -0.05) is 40.0 Å². The van der Waals surface area contributed by atoms with Gasteiger partial charge in [0, 0.05) is 12.6 Å². The lowest BCUT2D eigenvalue weighted by atomic mass is 9.81. The van der Waals surface area contributed by atoms with Gasteiger partial charge in [-0.25, -0.2) is 4.79 Å². The molecule has 1 saturated carbocycles. The van der Waals surface area contributed by atoms with Crippen LogP contribution in [0.15, 0.2) is 0 Å². The first-order valence-electron chi connectivity index (χ1n) is 8.14. The molecule has 1 rings (SSSR count). The van der Waals surface area contributed by atoms with Gasteiger partial charge < -0.3 is 15.7 Å². The summed E-state index contributed by atoms with van der Waals surface area (Å²) >= 11 is 0. The van der Waals surface area contributed by atoms with E-state index in [4.69, 9.17) is 5.11 Å². The Bertz CT molecular complexity index is 344. The smallest absolute Gasteiger partial charge is 0.315 e. The molecule has 1 aliphatic rings. The van der Waals surface area contributed by atoms with Crippen molar-refractivity contribution in [2.45, 2.75) is 65.3 Å². The van der Waals surface area contributed by atoms with E-state index in [1.165, 1.54) is 25.7 Å². The normalized spacial score (nSPS) is 23.6. The second-order valence-electron chi connectivity index (χ2n) is 6.78. The van der Waals surface area contributed by atoms with Gasteiger partial charge in [-0.2, -0.15) is 0 Å². The van der Waals surface area contributed by atoms with Crippen molar-refractivity contribution in [3.05, 3.63) is 0 Å². The average Bonchev–Trinajstić information content (AvgIpc) is 2.37. The van der Waals surface area contributed by atoms with Crippen molar-refractivity contribution < 1.29 is 14.7 Å². The van der Waals surface area contributed by atoms with Gasteiger partial charge in [-0.05, 0) is 30.6 Å². The number of hydrogen-bond donors (Lipinski definition) is 3. The number of carbonyl (C=O) groups excluding carboxylic acids is 1. The number of amides is 2. The summed E-state index contributed by atoms with van der Waals surface area (Å²) in [6.07, 6.45) is 6.13. The maximum Gasteiger partial charge on any atom is 0.315 e. The van der Waals surface area contributed by atoms with Crippen LogP contribution in [0, 0.1) is 17.8 Å². The van der Waals surface area contributed by atoms with Crippen molar-refractivity contribution in [2.75, 3.05) is 6.54 Å². The lowest BCUT2D eigenvalue weighted by Gasteiger charge is -2.27. The van der Waals surface area contributed by atoms with Gasteiger partial charge in [-0.3, -0.25) is 4.79 Å². The van der Waals surface area contributed by atoms with Crippen LogP contribution in [0.25, 0.3) is 0 Å².